The molecule has 0 amide bonds. The molecule has 0 spiro atoms. The number of fused-ring (bicyclic) bond motifs is 1. The van der Waals surface area contributed by atoms with Crippen molar-refractivity contribution >= 4 is 16.6 Å². The minimum absolute atomic E-state index is 0.201. The van der Waals surface area contributed by atoms with Crippen molar-refractivity contribution in [1.82, 2.24) is 9.97 Å². The Morgan fingerprint density at radius 3 is 3.15 bits per heavy atom. The van der Waals surface area contributed by atoms with Crippen LogP contribution in [0.1, 0.15) is 0 Å². The van der Waals surface area contributed by atoms with E-state index in [0.29, 0.717) is 11.2 Å². The van der Waals surface area contributed by atoms with Gasteiger partial charge >= 0.3 is 0 Å². The molecule has 0 aliphatic heterocycles. The topological polar surface area (TPSA) is 83.8 Å². The van der Waals surface area contributed by atoms with Crippen LogP contribution in [0.5, 0.6) is 0 Å². The normalized spacial score (nSPS) is 10.2. The largest absolute Gasteiger partial charge is 0.323 e. The lowest BCUT2D eigenvalue weighted by Crippen LogP contribution is -2.12. The molecule has 0 radical (unpaired) electrons. The molecule has 0 bridgehead atoms. The molecule has 0 unspecified atom stereocenters. The lowest BCUT2D eigenvalue weighted by atomic mass is 10.2. The molecule has 0 aliphatic rings. The molecule has 0 atom stereocenters. The number of aromatic amines is 1. The smallest absolute Gasteiger partial charge is 0.250 e. The van der Waals surface area contributed by atoms with E-state index in [1.165, 1.54) is 6.07 Å². The summed E-state index contributed by atoms with van der Waals surface area (Å²) in [6, 6.07) is 3.18. The number of hydrogen-bond donors (Lipinski definition) is 3. The SMILES string of the molecule is NNc1cc(=O)[nH]c2cnccc12. The van der Waals surface area contributed by atoms with E-state index < -0.39 is 0 Å². The van der Waals surface area contributed by atoms with Gasteiger partial charge in [-0.15, -0.1) is 0 Å². The van der Waals surface area contributed by atoms with Gasteiger partial charge in [0.15, 0.2) is 0 Å². The monoisotopic (exact) mass is 176 g/mol. The third-order valence-electron chi connectivity index (χ3n) is 1.80. The summed E-state index contributed by atoms with van der Waals surface area (Å²) in [6.07, 6.45) is 3.22. The fourth-order valence-electron chi connectivity index (χ4n) is 1.23. The first-order chi connectivity index (χ1) is 6.31. The van der Waals surface area contributed by atoms with Gasteiger partial charge in [-0.05, 0) is 6.07 Å². The van der Waals surface area contributed by atoms with Gasteiger partial charge in [0.2, 0.25) is 0 Å². The molecule has 4 N–H and O–H groups in total. The van der Waals surface area contributed by atoms with Crippen LogP contribution >= 0.6 is 0 Å². The Balaban J connectivity index is 2.89. The summed E-state index contributed by atoms with van der Waals surface area (Å²) < 4.78 is 0. The lowest BCUT2D eigenvalue weighted by molar-refractivity contribution is 1.25. The molecule has 5 heteroatoms. The molecule has 0 aromatic carbocycles. The van der Waals surface area contributed by atoms with Gasteiger partial charge in [0, 0.05) is 17.6 Å². The molecule has 2 aromatic heterocycles. The number of nitrogens with two attached hydrogens (primary N) is 1. The second-order valence-electron chi connectivity index (χ2n) is 2.61. The second kappa shape index (κ2) is 2.87. The number of hydrazine groups is 1. The summed E-state index contributed by atoms with van der Waals surface area (Å²) in [4.78, 5) is 17.6. The van der Waals surface area contributed by atoms with Crippen LogP contribution in [0.3, 0.4) is 0 Å². The van der Waals surface area contributed by atoms with Gasteiger partial charge in [0.25, 0.3) is 5.56 Å². The first-order valence-electron chi connectivity index (χ1n) is 3.75. The fourth-order valence-corrected chi connectivity index (χ4v) is 1.23. The quantitative estimate of drug-likeness (QED) is 0.428. The predicted octanol–water partition coefficient (Wildman–Crippen LogP) is 0.209. The number of rotatable bonds is 1. The Morgan fingerprint density at radius 2 is 2.38 bits per heavy atom. The highest BCUT2D eigenvalue weighted by atomic mass is 16.1. The van der Waals surface area contributed by atoms with E-state index in [0.717, 1.165) is 5.39 Å². The molecule has 66 valence electrons. The average Bonchev–Trinajstić information content (AvgIpc) is 2.16. The van der Waals surface area contributed by atoms with Gasteiger partial charge in [-0.25, -0.2) is 0 Å². The van der Waals surface area contributed by atoms with Crippen molar-refractivity contribution in [2.45, 2.75) is 0 Å². The van der Waals surface area contributed by atoms with Crippen LogP contribution in [-0.4, -0.2) is 9.97 Å². The van der Waals surface area contributed by atoms with E-state index in [4.69, 9.17) is 5.84 Å². The maximum atomic E-state index is 11.1. The average molecular weight is 176 g/mol. The van der Waals surface area contributed by atoms with Crippen molar-refractivity contribution < 1.29 is 0 Å². The molecule has 2 aromatic rings. The number of nitrogens with one attached hydrogen (secondary N) is 2. The molecule has 13 heavy (non-hydrogen) atoms. The zero-order chi connectivity index (χ0) is 9.26. The first kappa shape index (κ1) is 7.75. The molecule has 0 saturated carbocycles. The molecular weight excluding hydrogens is 168 g/mol. The third-order valence-corrected chi connectivity index (χ3v) is 1.80. The number of aromatic nitrogens is 2. The zero-order valence-electron chi connectivity index (χ0n) is 6.74. The maximum Gasteiger partial charge on any atom is 0.250 e. The van der Waals surface area contributed by atoms with Crippen LogP contribution in [0.25, 0.3) is 10.9 Å². The van der Waals surface area contributed by atoms with Gasteiger partial charge in [0.1, 0.15) is 0 Å². The van der Waals surface area contributed by atoms with Crippen molar-refractivity contribution in [3.05, 3.63) is 34.9 Å². The van der Waals surface area contributed by atoms with E-state index >= 15 is 0 Å². The Hall–Kier alpha value is -1.88. The highest BCUT2D eigenvalue weighted by molar-refractivity contribution is 5.89. The third kappa shape index (κ3) is 1.25. The van der Waals surface area contributed by atoms with Crippen LogP contribution in [0.15, 0.2) is 29.3 Å². The second-order valence-corrected chi connectivity index (χ2v) is 2.61. The molecule has 5 nitrogen and oxygen atoms in total. The van der Waals surface area contributed by atoms with E-state index in [1.807, 2.05) is 0 Å². The lowest BCUT2D eigenvalue weighted by Gasteiger charge is -2.03. The molecule has 0 fully saturated rings. The van der Waals surface area contributed by atoms with Crippen molar-refractivity contribution in [2.24, 2.45) is 5.84 Å². The van der Waals surface area contributed by atoms with E-state index in [-0.39, 0.29) is 5.56 Å². The summed E-state index contributed by atoms with van der Waals surface area (Å²) in [5.41, 5.74) is 3.53. The minimum atomic E-state index is -0.201. The number of H-pyrrole nitrogens is 1. The minimum Gasteiger partial charge on any atom is -0.323 e. The number of anilines is 1. The van der Waals surface area contributed by atoms with Crippen molar-refractivity contribution in [1.29, 1.82) is 0 Å². The highest BCUT2D eigenvalue weighted by Gasteiger charge is 2.00. The molecule has 2 rings (SSSR count). The zero-order valence-corrected chi connectivity index (χ0v) is 6.74. The first-order valence-corrected chi connectivity index (χ1v) is 3.75. The van der Waals surface area contributed by atoms with E-state index in [1.54, 1.807) is 18.5 Å². The van der Waals surface area contributed by atoms with Crippen LogP contribution in [0.2, 0.25) is 0 Å². The Bertz CT molecular complexity index is 491. The van der Waals surface area contributed by atoms with Crippen molar-refractivity contribution in [3.63, 3.8) is 0 Å². The van der Waals surface area contributed by atoms with Gasteiger partial charge < -0.3 is 10.4 Å². The number of nitrogens with zero attached hydrogens (tertiary/aromatic N) is 1. The molecule has 0 saturated heterocycles. The molecular formula is C8H8N4O. The van der Waals surface area contributed by atoms with E-state index in [9.17, 15) is 4.79 Å². The van der Waals surface area contributed by atoms with Crippen LogP contribution in [0, 0.1) is 0 Å². The number of hydrogen-bond acceptors (Lipinski definition) is 4. The highest BCUT2D eigenvalue weighted by Crippen LogP contribution is 2.16. The predicted molar refractivity (Wildman–Crippen MR) is 50.2 cm³/mol. The molecule has 2 heterocycles. The number of nitrogen functional groups attached to an aromatic ring is 1. The Morgan fingerprint density at radius 1 is 1.54 bits per heavy atom. The fraction of sp³-hybridized carbons (Fsp3) is 0. The summed E-state index contributed by atoms with van der Waals surface area (Å²) in [5, 5.41) is 0.845. The van der Waals surface area contributed by atoms with E-state index in [2.05, 4.69) is 15.4 Å². The standard InChI is InChI=1S/C8H8N4O/c9-12-6-3-8(13)11-7-4-10-2-1-5(6)7/h1-4H,9H2,(H2,11,12,13). The summed E-state index contributed by atoms with van der Waals surface area (Å²) in [5.74, 6) is 5.26. The van der Waals surface area contributed by atoms with Crippen LogP contribution in [0.4, 0.5) is 5.69 Å². The summed E-state index contributed by atoms with van der Waals surface area (Å²) in [6.45, 7) is 0. The van der Waals surface area contributed by atoms with Gasteiger partial charge in [-0.3, -0.25) is 15.6 Å². The number of pyridine rings is 2. The van der Waals surface area contributed by atoms with Gasteiger partial charge in [-0.2, -0.15) is 0 Å². The van der Waals surface area contributed by atoms with Crippen molar-refractivity contribution in [3.8, 4) is 0 Å². The Labute approximate surface area is 73.6 Å². The van der Waals surface area contributed by atoms with Crippen molar-refractivity contribution in [2.75, 3.05) is 5.43 Å². The van der Waals surface area contributed by atoms with Gasteiger partial charge in [0.05, 0.1) is 17.4 Å². The molecule has 0 aliphatic carbocycles. The van der Waals surface area contributed by atoms with Crippen LogP contribution in [-0.2, 0) is 0 Å². The van der Waals surface area contributed by atoms with Gasteiger partial charge in [-0.1, -0.05) is 0 Å². The Kier molecular flexibility index (Phi) is 1.71. The van der Waals surface area contributed by atoms with Crippen LogP contribution < -0.4 is 16.8 Å². The maximum absolute atomic E-state index is 11.1. The summed E-state index contributed by atoms with van der Waals surface area (Å²) >= 11 is 0. The summed E-state index contributed by atoms with van der Waals surface area (Å²) in [7, 11) is 0.